The van der Waals surface area contributed by atoms with Crippen LogP contribution in [0.15, 0.2) is 18.7 Å². The van der Waals surface area contributed by atoms with E-state index in [1.54, 1.807) is 6.92 Å². The number of hydrogen-bond donors (Lipinski definition) is 0. The predicted molar refractivity (Wildman–Crippen MR) is 67.0 cm³/mol. The molecule has 0 aliphatic heterocycles. The van der Waals surface area contributed by atoms with Crippen LogP contribution < -0.4 is 4.90 Å². The van der Waals surface area contributed by atoms with Gasteiger partial charge in [0.05, 0.1) is 18.1 Å². The Labute approximate surface area is 106 Å². The van der Waals surface area contributed by atoms with Crippen LogP contribution in [0.4, 0.5) is 5.69 Å². The minimum atomic E-state index is -3.32. The molecule has 0 aromatic carbocycles. The SMILES string of the molecule is CCN(C(=O)CS(C)(=O)=O)c1cncnc1.Cl. The summed E-state index contributed by atoms with van der Waals surface area (Å²) >= 11 is 0. The molecule has 0 saturated carbocycles. The van der Waals surface area contributed by atoms with Crippen molar-refractivity contribution in [3.8, 4) is 0 Å². The van der Waals surface area contributed by atoms with Crippen molar-refractivity contribution in [2.45, 2.75) is 6.92 Å². The number of carbonyl (C=O) groups excluding carboxylic acids is 1. The number of halogens is 1. The van der Waals surface area contributed by atoms with Crippen molar-refractivity contribution < 1.29 is 13.2 Å². The lowest BCUT2D eigenvalue weighted by Crippen LogP contribution is -2.35. The Morgan fingerprint density at radius 1 is 1.35 bits per heavy atom. The van der Waals surface area contributed by atoms with Crippen LogP contribution in [-0.2, 0) is 14.6 Å². The summed E-state index contributed by atoms with van der Waals surface area (Å²) < 4.78 is 22.0. The molecule has 1 aromatic rings. The summed E-state index contributed by atoms with van der Waals surface area (Å²) in [6.07, 6.45) is 5.31. The second kappa shape index (κ2) is 6.51. The van der Waals surface area contributed by atoms with Gasteiger partial charge in [-0.25, -0.2) is 18.4 Å². The van der Waals surface area contributed by atoms with E-state index in [0.29, 0.717) is 12.2 Å². The molecule has 0 N–H and O–H groups in total. The Bertz CT molecular complexity index is 464. The molecule has 0 bridgehead atoms. The predicted octanol–water partition coefficient (Wildman–Crippen LogP) is 0.296. The summed E-state index contributed by atoms with van der Waals surface area (Å²) in [6, 6.07) is 0. The number of aromatic nitrogens is 2. The maximum atomic E-state index is 11.7. The Kier molecular flexibility index (Phi) is 6.04. The molecule has 8 heteroatoms. The number of nitrogens with zero attached hydrogens (tertiary/aromatic N) is 3. The lowest BCUT2D eigenvalue weighted by atomic mass is 10.4. The first-order valence-corrected chi connectivity index (χ1v) is 6.73. The number of sulfone groups is 1. The molecule has 0 atom stereocenters. The molecule has 0 radical (unpaired) electrons. The van der Waals surface area contributed by atoms with Crippen molar-refractivity contribution in [2.75, 3.05) is 23.5 Å². The molecule has 96 valence electrons. The summed E-state index contributed by atoms with van der Waals surface area (Å²) in [5.74, 6) is -0.977. The third-order valence-corrected chi connectivity index (χ3v) is 2.63. The van der Waals surface area contributed by atoms with Crippen molar-refractivity contribution >= 4 is 33.8 Å². The fraction of sp³-hybridized carbons (Fsp3) is 0.444. The van der Waals surface area contributed by atoms with Crippen LogP contribution in [0.5, 0.6) is 0 Å². The van der Waals surface area contributed by atoms with Gasteiger partial charge in [0.25, 0.3) is 0 Å². The van der Waals surface area contributed by atoms with Gasteiger partial charge < -0.3 is 4.90 Å². The number of anilines is 1. The molecule has 0 aliphatic carbocycles. The first-order chi connectivity index (χ1) is 7.44. The molecule has 1 amide bonds. The Morgan fingerprint density at radius 2 is 1.88 bits per heavy atom. The molecule has 6 nitrogen and oxygen atoms in total. The fourth-order valence-electron chi connectivity index (χ4n) is 1.24. The van der Waals surface area contributed by atoms with Crippen LogP contribution >= 0.6 is 12.4 Å². The second-order valence-corrected chi connectivity index (χ2v) is 5.44. The van der Waals surface area contributed by atoms with Crippen LogP contribution in [0.25, 0.3) is 0 Å². The van der Waals surface area contributed by atoms with Crippen LogP contribution in [0.2, 0.25) is 0 Å². The summed E-state index contributed by atoms with van der Waals surface area (Å²) in [7, 11) is -3.32. The monoisotopic (exact) mass is 279 g/mol. The van der Waals surface area contributed by atoms with Gasteiger partial charge in [0.15, 0.2) is 9.84 Å². The smallest absolute Gasteiger partial charge is 0.242 e. The average molecular weight is 280 g/mol. The van der Waals surface area contributed by atoms with Gasteiger partial charge in [0.2, 0.25) is 5.91 Å². The number of amides is 1. The molecule has 0 fully saturated rings. The summed E-state index contributed by atoms with van der Waals surface area (Å²) in [5, 5.41) is 0. The first-order valence-electron chi connectivity index (χ1n) is 4.67. The molecule has 0 unspecified atom stereocenters. The maximum Gasteiger partial charge on any atom is 0.242 e. The summed E-state index contributed by atoms with van der Waals surface area (Å²) in [6.45, 7) is 2.13. The highest BCUT2D eigenvalue weighted by Crippen LogP contribution is 2.10. The minimum absolute atomic E-state index is 0. The molecule has 1 rings (SSSR count). The molecule has 0 saturated heterocycles. The number of rotatable bonds is 4. The van der Waals surface area contributed by atoms with E-state index in [9.17, 15) is 13.2 Å². The quantitative estimate of drug-likeness (QED) is 0.792. The number of carbonyl (C=O) groups is 1. The van der Waals surface area contributed by atoms with Crippen LogP contribution in [-0.4, -0.2) is 42.8 Å². The van der Waals surface area contributed by atoms with Crippen molar-refractivity contribution in [3.05, 3.63) is 18.7 Å². The third kappa shape index (κ3) is 5.10. The lowest BCUT2D eigenvalue weighted by molar-refractivity contribution is -0.116. The Morgan fingerprint density at radius 3 is 2.29 bits per heavy atom. The van der Waals surface area contributed by atoms with Crippen molar-refractivity contribution in [1.29, 1.82) is 0 Å². The van der Waals surface area contributed by atoms with Gasteiger partial charge in [-0.3, -0.25) is 4.79 Å². The zero-order valence-electron chi connectivity index (χ0n) is 9.53. The van der Waals surface area contributed by atoms with Gasteiger partial charge in [-0.2, -0.15) is 0 Å². The summed E-state index contributed by atoms with van der Waals surface area (Å²) in [4.78, 5) is 20.6. The van der Waals surface area contributed by atoms with Gasteiger partial charge in [-0.05, 0) is 6.92 Å². The van der Waals surface area contributed by atoms with Crippen LogP contribution in [0, 0.1) is 0 Å². The van der Waals surface area contributed by atoms with Gasteiger partial charge in [-0.15, -0.1) is 12.4 Å². The van der Waals surface area contributed by atoms with Crippen LogP contribution in [0.1, 0.15) is 6.92 Å². The zero-order valence-corrected chi connectivity index (χ0v) is 11.2. The standard InChI is InChI=1S/C9H13N3O3S.ClH/c1-3-12(8-4-10-7-11-5-8)9(13)6-16(2,14)15;/h4-5,7H,3,6H2,1-2H3;1H. The highest BCUT2D eigenvalue weighted by atomic mass is 35.5. The maximum absolute atomic E-state index is 11.7. The van der Waals surface area contributed by atoms with Gasteiger partial charge in [0.1, 0.15) is 12.1 Å². The normalized spacial score (nSPS) is 10.5. The van der Waals surface area contributed by atoms with E-state index in [-0.39, 0.29) is 12.4 Å². The third-order valence-electron chi connectivity index (χ3n) is 1.86. The molecule has 1 heterocycles. The van der Waals surface area contributed by atoms with E-state index in [1.165, 1.54) is 23.6 Å². The van der Waals surface area contributed by atoms with Crippen molar-refractivity contribution in [3.63, 3.8) is 0 Å². The fourth-order valence-corrected chi connectivity index (χ4v) is 1.84. The van der Waals surface area contributed by atoms with E-state index in [1.807, 2.05) is 0 Å². The largest absolute Gasteiger partial charge is 0.309 e. The molecule has 0 spiro atoms. The first kappa shape index (κ1) is 15.8. The van der Waals surface area contributed by atoms with Crippen molar-refractivity contribution in [1.82, 2.24) is 9.97 Å². The molecule has 17 heavy (non-hydrogen) atoms. The van der Waals surface area contributed by atoms with E-state index in [2.05, 4.69) is 9.97 Å². The lowest BCUT2D eigenvalue weighted by Gasteiger charge is -2.19. The zero-order chi connectivity index (χ0) is 12.2. The Hall–Kier alpha value is -1.21. The average Bonchev–Trinajstić information content (AvgIpc) is 2.17. The van der Waals surface area contributed by atoms with E-state index >= 15 is 0 Å². The topological polar surface area (TPSA) is 80.2 Å². The number of hydrogen-bond acceptors (Lipinski definition) is 5. The van der Waals surface area contributed by atoms with E-state index < -0.39 is 21.5 Å². The molecular formula is C9H14ClN3O3S. The molecular weight excluding hydrogens is 266 g/mol. The summed E-state index contributed by atoms with van der Waals surface area (Å²) in [5.41, 5.74) is 0.499. The Balaban J connectivity index is 0.00000256. The minimum Gasteiger partial charge on any atom is -0.309 e. The van der Waals surface area contributed by atoms with Gasteiger partial charge in [-0.1, -0.05) is 0 Å². The second-order valence-electron chi connectivity index (χ2n) is 3.30. The van der Waals surface area contributed by atoms with E-state index in [4.69, 9.17) is 0 Å². The van der Waals surface area contributed by atoms with Crippen molar-refractivity contribution in [2.24, 2.45) is 0 Å². The van der Waals surface area contributed by atoms with Crippen LogP contribution in [0.3, 0.4) is 0 Å². The van der Waals surface area contributed by atoms with Gasteiger partial charge in [0, 0.05) is 12.8 Å². The van der Waals surface area contributed by atoms with E-state index in [0.717, 1.165) is 6.26 Å². The molecule has 1 aromatic heterocycles. The van der Waals surface area contributed by atoms with Gasteiger partial charge >= 0.3 is 0 Å². The highest BCUT2D eigenvalue weighted by Gasteiger charge is 2.18. The highest BCUT2D eigenvalue weighted by molar-refractivity contribution is 7.91. The molecule has 0 aliphatic rings.